The van der Waals surface area contributed by atoms with Gasteiger partial charge in [-0.05, 0) is 43.2 Å². The summed E-state index contributed by atoms with van der Waals surface area (Å²) in [6.45, 7) is 2.16. The number of methoxy groups -OCH3 is 1. The van der Waals surface area contributed by atoms with Crippen molar-refractivity contribution in [1.82, 2.24) is 0 Å². The molecule has 0 bridgehead atoms. The van der Waals surface area contributed by atoms with E-state index < -0.39 is 5.41 Å². The monoisotopic (exact) mass is 261 g/mol. The predicted molar refractivity (Wildman–Crippen MR) is 72.3 cm³/mol. The summed E-state index contributed by atoms with van der Waals surface area (Å²) < 4.78 is 19.2. The minimum Gasteiger partial charge on any atom is -0.494 e. The van der Waals surface area contributed by atoms with Gasteiger partial charge in [0.25, 0.3) is 0 Å². The molecule has 0 amide bonds. The van der Waals surface area contributed by atoms with Crippen molar-refractivity contribution in [1.29, 1.82) is 5.26 Å². The molecule has 3 heteroatoms. The van der Waals surface area contributed by atoms with Crippen LogP contribution in [0.4, 0.5) is 4.39 Å². The van der Waals surface area contributed by atoms with Gasteiger partial charge in [-0.15, -0.1) is 0 Å². The molecule has 0 radical (unpaired) electrons. The third-order valence-corrected chi connectivity index (χ3v) is 4.32. The Morgan fingerprint density at radius 3 is 2.89 bits per heavy atom. The van der Waals surface area contributed by atoms with Crippen molar-refractivity contribution < 1.29 is 9.13 Å². The number of benzene rings is 1. The molecule has 0 N–H and O–H groups in total. The van der Waals surface area contributed by atoms with E-state index in [1.54, 1.807) is 18.2 Å². The van der Waals surface area contributed by atoms with E-state index >= 15 is 0 Å². The predicted octanol–water partition coefficient (Wildman–Crippen LogP) is 4.10. The molecule has 1 aromatic rings. The fraction of sp³-hybridized carbons (Fsp3) is 0.562. The van der Waals surface area contributed by atoms with Crippen LogP contribution < -0.4 is 4.74 Å². The van der Waals surface area contributed by atoms with Crippen LogP contribution >= 0.6 is 0 Å². The van der Waals surface area contributed by atoms with E-state index in [0.717, 1.165) is 25.7 Å². The van der Waals surface area contributed by atoms with Crippen LogP contribution in [0.2, 0.25) is 0 Å². The zero-order valence-corrected chi connectivity index (χ0v) is 11.6. The minimum atomic E-state index is -0.395. The van der Waals surface area contributed by atoms with Gasteiger partial charge in [-0.2, -0.15) is 5.26 Å². The first-order chi connectivity index (χ1) is 9.14. The highest BCUT2D eigenvalue weighted by Gasteiger charge is 2.39. The lowest BCUT2D eigenvalue weighted by atomic mass is 9.80. The Morgan fingerprint density at radius 1 is 1.53 bits per heavy atom. The second-order valence-corrected chi connectivity index (χ2v) is 5.52. The largest absolute Gasteiger partial charge is 0.494 e. The van der Waals surface area contributed by atoms with Gasteiger partial charge in [0.15, 0.2) is 11.6 Å². The first kappa shape index (κ1) is 13.9. The van der Waals surface area contributed by atoms with Gasteiger partial charge in [0.05, 0.1) is 18.6 Å². The maximum atomic E-state index is 14.2. The average molecular weight is 261 g/mol. The van der Waals surface area contributed by atoms with Crippen LogP contribution in [0.15, 0.2) is 18.2 Å². The normalized spacial score (nSPS) is 26.1. The molecular formula is C16H20FNO. The van der Waals surface area contributed by atoms with Crippen molar-refractivity contribution >= 4 is 0 Å². The Kier molecular flexibility index (Phi) is 4.09. The Balaban J connectivity index is 2.23. The molecule has 0 aliphatic heterocycles. The summed E-state index contributed by atoms with van der Waals surface area (Å²) in [7, 11) is 1.46. The van der Waals surface area contributed by atoms with E-state index in [1.807, 2.05) is 0 Å². The van der Waals surface area contributed by atoms with Crippen molar-refractivity contribution in [3.63, 3.8) is 0 Å². The summed E-state index contributed by atoms with van der Waals surface area (Å²) >= 11 is 0. The van der Waals surface area contributed by atoms with Crippen molar-refractivity contribution in [2.24, 2.45) is 11.3 Å². The topological polar surface area (TPSA) is 33.0 Å². The third kappa shape index (κ3) is 2.73. The van der Waals surface area contributed by atoms with Crippen LogP contribution in [-0.2, 0) is 6.42 Å². The van der Waals surface area contributed by atoms with Gasteiger partial charge in [0.2, 0.25) is 0 Å². The average Bonchev–Trinajstić information content (AvgIpc) is 2.85. The van der Waals surface area contributed by atoms with Crippen molar-refractivity contribution in [3.05, 3.63) is 29.6 Å². The molecule has 1 saturated carbocycles. The molecule has 2 atom stereocenters. The van der Waals surface area contributed by atoms with E-state index in [9.17, 15) is 9.65 Å². The second kappa shape index (κ2) is 5.61. The van der Waals surface area contributed by atoms with Gasteiger partial charge in [0.1, 0.15) is 0 Å². The smallest absolute Gasteiger partial charge is 0.168 e. The highest BCUT2D eigenvalue weighted by atomic mass is 19.1. The molecule has 1 aliphatic carbocycles. The second-order valence-electron chi connectivity index (χ2n) is 5.52. The number of halogens is 1. The Hall–Kier alpha value is -1.56. The van der Waals surface area contributed by atoms with E-state index in [2.05, 4.69) is 13.0 Å². The standard InChI is InChI=1S/C16H20FNO/c1-3-12-7-8-16(9-12,11-18)10-13-5-4-6-14(19-2)15(13)17/h4-6,12H,3,7-10H2,1-2H3. The Morgan fingerprint density at radius 2 is 2.32 bits per heavy atom. The number of nitriles is 1. The van der Waals surface area contributed by atoms with Crippen molar-refractivity contribution in [2.45, 2.75) is 39.0 Å². The highest BCUT2D eigenvalue weighted by molar-refractivity contribution is 5.32. The van der Waals surface area contributed by atoms with Crippen LogP contribution in [0, 0.1) is 28.5 Å². The molecule has 0 spiro atoms. The maximum absolute atomic E-state index is 14.2. The zero-order valence-electron chi connectivity index (χ0n) is 11.6. The van der Waals surface area contributed by atoms with E-state index in [0.29, 0.717) is 17.9 Å². The molecule has 102 valence electrons. The maximum Gasteiger partial charge on any atom is 0.168 e. The lowest BCUT2D eigenvalue weighted by molar-refractivity contribution is 0.360. The molecule has 19 heavy (non-hydrogen) atoms. The highest BCUT2D eigenvalue weighted by Crippen LogP contribution is 2.45. The summed E-state index contributed by atoms with van der Waals surface area (Å²) in [4.78, 5) is 0. The van der Waals surface area contributed by atoms with E-state index in [1.165, 1.54) is 7.11 Å². The summed E-state index contributed by atoms with van der Waals surface area (Å²) in [6.07, 6.45) is 4.43. The molecule has 0 heterocycles. The molecule has 1 fully saturated rings. The lowest BCUT2D eigenvalue weighted by Gasteiger charge is -2.21. The summed E-state index contributed by atoms with van der Waals surface area (Å²) in [5.74, 6) is 0.545. The quantitative estimate of drug-likeness (QED) is 0.817. The molecule has 1 aliphatic rings. The number of hydrogen-bond acceptors (Lipinski definition) is 2. The van der Waals surface area contributed by atoms with Gasteiger partial charge in [-0.1, -0.05) is 25.5 Å². The Labute approximate surface area is 114 Å². The molecule has 2 unspecified atom stereocenters. The van der Waals surface area contributed by atoms with Crippen LogP contribution in [-0.4, -0.2) is 7.11 Å². The fourth-order valence-electron chi connectivity index (χ4n) is 3.10. The molecular weight excluding hydrogens is 241 g/mol. The molecule has 0 aromatic heterocycles. The number of rotatable bonds is 4. The number of hydrogen-bond donors (Lipinski definition) is 0. The first-order valence-corrected chi connectivity index (χ1v) is 6.87. The molecule has 2 nitrogen and oxygen atoms in total. The Bertz CT molecular complexity index is 494. The van der Waals surface area contributed by atoms with E-state index in [4.69, 9.17) is 4.74 Å². The van der Waals surface area contributed by atoms with E-state index in [-0.39, 0.29) is 11.6 Å². The van der Waals surface area contributed by atoms with Gasteiger partial charge < -0.3 is 4.74 Å². The summed E-state index contributed by atoms with van der Waals surface area (Å²) in [6, 6.07) is 7.61. The lowest BCUT2D eigenvalue weighted by Crippen LogP contribution is -2.19. The van der Waals surface area contributed by atoms with Crippen LogP contribution in [0.25, 0.3) is 0 Å². The SMILES string of the molecule is CCC1CCC(C#N)(Cc2cccc(OC)c2F)C1. The van der Waals surface area contributed by atoms with Crippen molar-refractivity contribution in [2.75, 3.05) is 7.11 Å². The summed E-state index contributed by atoms with van der Waals surface area (Å²) in [5, 5.41) is 9.50. The van der Waals surface area contributed by atoms with Gasteiger partial charge in [0, 0.05) is 0 Å². The molecule has 0 saturated heterocycles. The summed E-state index contributed by atoms with van der Waals surface area (Å²) in [5.41, 5.74) is 0.200. The number of ether oxygens (including phenoxy) is 1. The van der Waals surface area contributed by atoms with Gasteiger partial charge >= 0.3 is 0 Å². The van der Waals surface area contributed by atoms with Gasteiger partial charge in [-0.3, -0.25) is 0 Å². The van der Waals surface area contributed by atoms with Crippen LogP contribution in [0.3, 0.4) is 0 Å². The number of nitrogens with zero attached hydrogens (tertiary/aromatic N) is 1. The first-order valence-electron chi connectivity index (χ1n) is 6.87. The zero-order chi connectivity index (χ0) is 13.9. The van der Waals surface area contributed by atoms with Gasteiger partial charge in [-0.25, -0.2) is 4.39 Å². The fourth-order valence-corrected chi connectivity index (χ4v) is 3.10. The van der Waals surface area contributed by atoms with Crippen LogP contribution in [0.5, 0.6) is 5.75 Å². The van der Waals surface area contributed by atoms with Crippen molar-refractivity contribution in [3.8, 4) is 11.8 Å². The van der Waals surface area contributed by atoms with Crippen LogP contribution in [0.1, 0.15) is 38.2 Å². The molecule has 2 rings (SSSR count). The minimum absolute atomic E-state index is 0.260. The molecule has 1 aromatic carbocycles. The third-order valence-electron chi connectivity index (χ3n) is 4.32.